The van der Waals surface area contributed by atoms with E-state index in [1.807, 2.05) is 13.0 Å². The van der Waals surface area contributed by atoms with Crippen LogP contribution in [0.25, 0.3) is 0 Å². The molecule has 3 nitrogen and oxygen atoms in total. The van der Waals surface area contributed by atoms with Crippen molar-refractivity contribution in [2.45, 2.75) is 13.0 Å². The molecule has 2 N–H and O–H groups in total. The molecule has 0 amide bonds. The van der Waals surface area contributed by atoms with Gasteiger partial charge in [0.1, 0.15) is 5.82 Å². The summed E-state index contributed by atoms with van der Waals surface area (Å²) >= 11 is 0. The molecule has 78 valence electrons. The van der Waals surface area contributed by atoms with Crippen molar-refractivity contribution in [2.24, 2.45) is 0 Å². The highest BCUT2D eigenvalue weighted by molar-refractivity contribution is 5.26. The number of hydrogen-bond donors (Lipinski definition) is 1. The second kappa shape index (κ2) is 3.73. The fourth-order valence-electron chi connectivity index (χ4n) is 1.58. The van der Waals surface area contributed by atoms with Crippen molar-refractivity contribution in [1.29, 1.82) is 0 Å². The normalized spacial score (nSPS) is 12.7. The Hall–Kier alpha value is -1.84. The molecule has 4 heteroatoms. The maximum absolute atomic E-state index is 13.0. The van der Waals surface area contributed by atoms with Gasteiger partial charge in [-0.05, 0) is 24.6 Å². The van der Waals surface area contributed by atoms with Crippen molar-refractivity contribution in [3.05, 3.63) is 48.0 Å². The van der Waals surface area contributed by atoms with Crippen molar-refractivity contribution in [1.82, 2.24) is 9.55 Å². The molecule has 1 atom stereocenters. The van der Waals surface area contributed by atoms with Gasteiger partial charge in [0.05, 0.1) is 6.04 Å². The predicted octanol–water partition coefficient (Wildman–Crippen LogP) is 2.21. The van der Waals surface area contributed by atoms with Gasteiger partial charge in [0.25, 0.3) is 0 Å². The highest BCUT2D eigenvalue weighted by atomic mass is 19.1. The highest BCUT2D eigenvalue weighted by Crippen LogP contribution is 2.20. The van der Waals surface area contributed by atoms with Crippen molar-refractivity contribution in [2.75, 3.05) is 5.73 Å². The molecule has 0 bridgehead atoms. The summed E-state index contributed by atoms with van der Waals surface area (Å²) in [5.74, 6) is 0.199. The molecule has 1 aromatic carbocycles. The van der Waals surface area contributed by atoms with Gasteiger partial charge < -0.3 is 10.3 Å². The number of hydrogen-bond acceptors (Lipinski definition) is 2. The molecule has 15 heavy (non-hydrogen) atoms. The van der Waals surface area contributed by atoms with Crippen molar-refractivity contribution in [3.8, 4) is 0 Å². The van der Waals surface area contributed by atoms with Crippen LogP contribution in [0.1, 0.15) is 18.5 Å². The van der Waals surface area contributed by atoms with E-state index in [2.05, 4.69) is 4.98 Å². The topological polar surface area (TPSA) is 43.8 Å². The molecule has 0 saturated heterocycles. The number of halogens is 1. The van der Waals surface area contributed by atoms with Gasteiger partial charge in [0.15, 0.2) is 0 Å². The van der Waals surface area contributed by atoms with Crippen LogP contribution in [0.4, 0.5) is 10.3 Å². The molecule has 0 aliphatic rings. The zero-order chi connectivity index (χ0) is 10.8. The molecule has 0 aliphatic carbocycles. The van der Waals surface area contributed by atoms with E-state index in [-0.39, 0.29) is 11.9 Å². The molecule has 0 fully saturated rings. The number of imidazole rings is 1. The van der Waals surface area contributed by atoms with Crippen LogP contribution in [0, 0.1) is 5.82 Å². The maximum atomic E-state index is 13.0. The number of nitrogens with zero attached hydrogens (tertiary/aromatic N) is 2. The monoisotopic (exact) mass is 205 g/mol. The molecular formula is C11H12FN3. The smallest absolute Gasteiger partial charge is 0.200 e. The number of anilines is 1. The van der Waals surface area contributed by atoms with E-state index in [1.165, 1.54) is 12.1 Å². The zero-order valence-electron chi connectivity index (χ0n) is 8.39. The molecule has 0 aliphatic heterocycles. The Morgan fingerprint density at radius 1 is 1.47 bits per heavy atom. The second-order valence-corrected chi connectivity index (χ2v) is 3.42. The van der Waals surface area contributed by atoms with Gasteiger partial charge in [0.2, 0.25) is 5.95 Å². The van der Waals surface area contributed by atoms with E-state index in [9.17, 15) is 4.39 Å². The lowest BCUT2D eigenvalue weighted by molar-refractivity contribution is 0.607. The van der Waals surface area contributed by atoms with Gasteiger partial charge in [-0.15, -0.1) is 0 Å². The standard InChI is InChI=1S/C11H12FN3/c1-8(15-6-5-14-11(15)13)9-3-2-4-10(12)7-9/h2-8H,1H3,(H2,13,14). The van der Waals surface area contributed by atoms with E-state index < -0.39 is 0 Å². The third-order valence-electron chi connectivity index (χ3n) is 2.45. The summed E-state index contributed by atoms with van der Waals surface area (Å²) in [6.45, 7) is 1.95. The minimum absolute atomic E-state index is 0.0109. The van der Waals surface area contributed by atoms with Crippen LogP contribution in [0.2, 0.25) is 0 Å². The SMILES string of the molecule is CC(c1cccc(F)c1)n1ccnc1N. The van der Waals surface area contributed by atoms with Gasteiger partial charge in [-0.25, -0.2) is 9.37 Å². The van der Waals surface area contributed by atoms with Crippen LogP contribution in [0.3, 0.4) is 0 Å². The first kappa shape index (κ1) is 9.71. The average Bonchev–Trinajstić information content (AvgIpc) is 2.63. The molecule has 2 aromatic rings. The summed E-state index contributed by atoms with van der Waals surface area (Å²) < 4.78 is 14.8. The molecular weight excluding hydrogens is 193 g/mol. The van der Waals surface area contributed by atoms with Crippen LogP contribution in [0.15, 0.2) is 36.7 Å². The van der Waals surface area contributed by atoms with E-state index in [4.69, 9.17) is 5.73 Å². The van der Waals surface area contributed by atoms with Gasteiger partial charge in [-0.3, -0.25) is 0 Å². The number of nitrogen functional groups attached to an aromatic ring is 1. The molecule has 0 radical (unpaired) electrons. The summed E-state index contributed by atoms with van der Waals surface area (Å²) in [5, 5.41) is 0. The number of rotatable bonds is 2. The third kappa shape index (κ3) is 1.83. The summed E-state index contributed by atoms with van der Waals surface area (Å²) in [7, 11) is 0. The first-order valence-electron chi connectivity index (χ1n) is 4.72. The first-order chi connectivity index (χ1) is 7.18. The summed E-state index contributed by atoms with van der Waals surface area (Å²) in [4.78, 5) is 3.93. The second-order valence-electron chi connectivity index (χ2n) is 3.42. The van der Waals surface area contributed by atoms with Gasteiger partial charge >= 0.3 is 0 Å². The van der Waals surface area contributed by atoms with Crippen LogP contribution >= 0.6 is 0 Å². The molecule has 2 rings (SSSR count). The zero-order valence-corrected chi connectivity index (χ0v) is 8.39. The lowest BCUT2D eigenvalue weighted by atomic mass is 10.1. The fourth-order valence-corrected chi connectivity index (χ4v) is 1.58. The Labute approximate surface area is 87.4 Å². The lowest BCUT2D eigenvalue weighted by Crippen LogP contribution is -2.09. The Bertz CT molecular complexity index is 464. The van der Waals surface area contributed by atoms with E-state index in [0.29, 0.717) is 5.95 Å². The van der Waals surface area contributed by atoms with E-state index in [0.717, 1.165) is 5.56 Å². The van der Waals surface area contributed by atoms with E-state index >= 15 is 0 Å². The van der Waals surface area contributed by atoms with Crippen molar-refractivity contribution < 1.29 is 4.39 Å². The Morgan fingerprint density at radius 3 is 2.87 bits per heavy atom. The van der Waals surface area contributed by atoms with Crippen molar-refractivity contribution in [3.63, 3.8) is 0 Å². The molecule has 1 aromatic heterocycles. The first-order valence-corrected chi connectivity index (χ1v) is 4.72. The third-order valence-corrected chi connectivity index (χ3v) is 2.45. The number of nitrogens with two attached hydrogens (primary N) is 1. The quantitative estimate of drug-likeness (QED) is 0.816. The van der Waals surface area contributed by atoms with Crippen LogP contribution < -0.4 is 5.73 Å². The summed E-state index contributed by atoms with van der Waals surface area (Å²) in [6, 6.07) is 6.47. The van der Waals surface area contributed by atoms with Crippen LogP contribution in [0.5, 0.6) is 0 Å². The fraction of sp³-hybridized carbons (Fsp3) is 0.182. The molecule has 1 heterocycles. The lowest BCUT2D eigenvalue weighted by Gasteiger charge is -2.14. The van der Waals surface area contributed by atoms with Gasteiger partial charge in [0, 0.05) is 12.4 Å². The molecule has 0 spiro atoms. The summed E-state index contributed by atoms with van der Waals surface area (Å²) in [5.41, 5.74) is 6.55. The highest BCUT2D eigenvalue weighted by Gasteiger charge is 2.10. The van der Waals surface area contributed by atoms with Crippen LogP contribution in [-0.2, 0) is 0 Å². The minimum Gasteiger partial charge on any atom is -0.369 e. The maximum Gasteiger partial charge on any atom is 0.200 e. The molecule has 0 saturated carbocycles. The van der Waals surface area contributed by atoms with Gasteiger partial charge in [-0.1, -0.05) is 12.1 Å². The Balaban J connectivity index is 2.36. The number of benzene rings is 1. The van der Waals surface area contributed by atoms with E-state index in [1.54, 1.807) is 23.0 Å². The van der Waals surface area contributed by atoms with Crippen LogP contribution in [-0.4, -0.2) is 9.55 Å². The summed E-state index contributed by atoms with van der Waals surface area (Å²) in [6.07, 6.45) is 3.41. The average molecular weight is 205 g/mol. The number of aromatic nitrogens is 2. The predicted molar refractivity (Wildman–Crippen MR) is 56.9 cm³/mol. The van der Waals surface area contributed by atoms with Crippen molar-refractivity contribution >= 4 is 5.95 Å². The Morgan fingerprint density at radius 2 is 2.27 bits per heavy atom. The minimum atomic E-state index is -0.238. The molecule has 1 unspecified atom stereocenters. The largest absolute Gasteiger partial charge is 0.369 e. The van der Waals surface area contributed by atoms with Gasteiger partial charge in [-0.2, -0.15) is 0 Å². The Kier molecular flexibility index (Phi) is 2.41.